The number of hydrogen-bond donors (Lipinski definition) is 1. The lowest BCUT2D eigenvalue weighted by Crippen LogP contribution is -2.52. The Kier molecular flexibility index (Phi) is 6.05. The fourth-order valence-electron chi connectivity index (χ4n) is 2.70. The van der Waals surface area contributed by atoms with Crippen molar-refractivity contribution in [2.45, 2.75) is 31.2 Å². The summed E-state index contributed by atoms with van der Waals surface area (Å²) in [6.07, 6.45) is 3.71. The van der Waals surface area contributed by atoms with Crippen LogP contribution in [0.5, 0.6) is 0 Å². The number of methoxy groups -OCH3 is 2. The lowest BCUT2D eigenvalue weighted by molar-refractivity contribution is -0.148. The molecular formula is C13H26N2O3. The van der Waals surface area contributed by atoms with E-state index in [1.54, 1.807) is 7.11 Å². The molecule has 2 N–H and O–H groups in total. The SMILES string of the molecule is COCCN(C)CCC1CCCC1(N)C(=O)OC. The van der Waals surface area contributed by atoms with E-state index >= 15 is 0 Å². The summed E-state index contributed by atoms with van der Waals surface area (Å²) in [6, 6.07) is 0. The molecule has 2 atom stereocenters. The maximum absolute atomic E-state index is 11.8. The summed E-state index contributed by atoms with van der Waals surface area (Å²) < 4.78 is 9.88. The van der Waals surface area contributed by atoms with Crippen molar-refractivity contribution in [1.29, 1.82) is 0 Å². The summed E-state index contributed by atoms with van der Waals surface area (Å²) in [5, 5.41) is 0. The minimum atomic E-state index is -0.767. The highest BCUT2D eigenvalue weighted by Gasteiger charge is 2.46. The standard InChI is InChI=1S/C13H26N2O3/c1-15(9-10-17-2)8-6-11-5-4-7-13(11,14)12(16)18-3/h11H,4-10,14H2,1-3H3. The molecule has 0 heterocycles. The van der Waals surface area contributed by atoms with Gasteiger partial charge in [0.15, 0.2) is 0 Å². The lowest BCUT2D eigenvalue weighted by atomic mass is 9.85. The third-order valence-corrected chi connectivity index (χ3v) is 3.97. The van der Waals surface area contributed by atoms with Gasteiger partial charge >= 0.3 is 5.97 Å². The number of carbonyl (C=O) groups excluding carboxylic acids is 1. The molecule has 18 heavy (non-hydrogen) atoms. The van der Waals surface area contributed by atoms with Gasteiger partial charge in [-0.25, -0.2) is 0 Å². The highest BCUT2D eigenvalue weighted by Crippen LogP contribution is 2.36. The Hall–Kier alpha value is -0.650. The second-order valence-electron chi connectivity index (χ2n) is 5.21. The van der Waals surface area contributed by atoms with Crippen LogP contribution in [0, 0.1) is 5.92 Å². The summed E-state index contributed by atoms with van der Waals surface area (Å²) in [5.41, 5.74) is 5.46. The molecule has 106 valence electrons. The van der Waals surface area contributed by atoms with Crippen molar-refractivity contribution < 1.29 is 14.3 Å². The van der Waals surface area contributed by atoms with Gasteiger partial charge in [-0.05, 0) is 38.8 Å². The first-order chi connectivity index (χ1) is 8.54. The van der Waals surface area contributed by atoms with Gasteiger partial charge in [-0.3, -0.25) is 4.79 Å². The Morgan fingerprint density at radius 2 is 2.17 bits per heavy atom. The van der Waals surface area contributed by atoms with Crippen molar-refractivity contribution in [1.82, 2.24) is 4.90 Å². The average Bonchev–Trinajstić information content (AvgIpc) is 2.75. The molecular weight excluding hydrogens is 232 g/mol. The molecule has 1 fully saturated rings. The average molecular weight is 258 g/mol. The number of nitrogens with zero attached hydrogens (tertiary/aromatic N) is 1. The van der Waals surface area contributed by atoms with Gasteiger partial charge in [-0.1, -0.05) is 6.42 Å². The Morgan fingerprint density at radius 3 is 2.78 bits per heavy atom. The van der Waals surface area contributed by atoms with Crippen LogP contribution in [0.3, 0.4) is 0 Å². The Bertz CT molecular complexity index is 273. The Labute approximate surface area is 110 Å². The van der Waals surface area contributed by atoms with Crippen molar-refractivity contribution in [2.75, 3.05) is 41.0 Å². The molecule has 1 aliphatic carbocycles. The van der Waals surface area contributed by atoms with Gasteiger partial charge in [0.1, 0.15) is 5.54 Å². The largest absolute Gasteiger partial charge is 0.468 e. The van der Waals surface area contributed by atoms with Crippen molar-refractivity contribution in [3.63, 3.8) is 0 Å². The number of likely N-dealkylation sites (N-methyl/N-ethyl adjacent to an activating group) is 1. The third kappa shape index (κ3) is 3.67. The zero-order valence-electron chi connectivity index (χ0n) is 11.8. The van der Waals surface area contributed by atoms with Gasteiger partial charge < -0.3 is 20.1 Å². The van der Waals surface area contributed by atoms with Crippen molar-refractivity contribution in [3.8, 4) is 0 Å². The molecule has 0 amide bonds. The third-order valence-electron chi connectivity index (χ3n) is 3.97. The molecule has 0 aromatic rings. The number of carbonyl (C=O) groups is 1. The van der Waals surface area contributed by atoms with Crippen LogP contribution in [0.15, 0.2) is 0 Å². The number of nitrogens with two attached hydrogens (primary N) is 1. The van der Waals surface area contributed by atoms with Crippen molar-refractivity contribution in [3.05, 3.63) is 0 Å². The fourth-order valence-corrected chi connectivity index (χ4v) is 2.70. The minimum Gasteiger partial charge on any atom is -0.468 e. The fraction of sp³-hybridized carbons (Fsp3) is 0.923. The topological polar surface area (TPSA) is 64.8 Å². The second-order valence-corrected chi connectivity index (χ2v) is 5.21. The van der Waals surface area contributed by atoms with Crippen molar-refractivity contribution in [2.24, 2.45) is 11.7 Å². The van der Waals surface area contributed by atoms with E-state index in [9.17, 15) is 4.79 Å². The molecule has 0 spiro atoms. The van der Waals surface area contributed by atoms with Crippen LogP contribution in [0.25, 0.3) is 0 Å². The quantitative estimate of drug-likeness (QED) is 0.678. The van der Waals surface area contributed by atoms with E-state index in [-0.39, 0.29) is 11.9 Å². The first-order valence-corrected chi connectivity index (χ1v) is 6.59. The molecule has 0 aliphatic heterocycles. The normalized spacial score (nSPS) is 27.7. The van der Waals surface area contributed by atoms with Crippen molar-refractivity contribution >= 4 is 5.97 Å². The van der Waals surface area contributed by atoms with Gasteiger partial charge in [-0.15, -0.1) is 0 Å². The van der Waals surface area contributed by atoms with Gasteiger partial charge in [-0.2, -0.15) is 0 Å². The van der Waals surface area contributed by atoms with E-state index < -0.39 is 5.54 Å². The van der Waals surface area contributed by atoms with Crippen LogP contribution in [0.2, 0.25) is 0 Å². The number of ether oxygens (including phenoxy) is 2. The van der Waals surface area contributed by atoms with Crippen LogP contribution < -0.4 is 5.73 Å². The Balaban J connectivity index is 2.43. The van der Waals surface area contributed by atoms with E-state index in [4.69, 9.17) is 15.2 Å². The maximum Gasteiger partial charge on any atom is 0.326 e. The smallest absolute Gasteiger partial charge is 0.326 e. The van der Waals surface area contributed by atoms with Crippen LogP contribution in [-0.2, 0) is 14.3 Å². The van der Waals surface area contributed by atoms with Crippen LogP contribution >= 0.6 is 0 Å². The summed E-state index contributed by atoms with van der Waals surface area (Å²) in [6.45, 7) is 2.56. The molecule has 0 aromatic carbocycles. The molecule has 1 rings (SSSR count). The van der Waals surface area contributed by atoms with Gasteiger partial charge in [0.05, 0.1) is 13.7 Å². The van der Waals surface area contributed by atoms with Gasteiger partial charge in [0.25, 0.3) is 0 Å². The van der Waals surface area contributed by atoms with E-state index in [0.29, 0.717) is 0 Å². The minimum absolute atomic E-state index is 0.231. The molecule has 5 heteroatoms. The number of hydrogen-bond acceptors (Lipinski definition) is 5. The zero-order chi connectivity index (χ0) is 13.6. The number of rotatable bonds is 7. The summed E-state index contributed by atoms with van der Waals surface area (Å²) in [4.78, 5) is 14.0. The molecule has 1 aliphatic rings. The van der Waals surface area contributed by atoms with E-state index in [2.05, 4.69) is 11.9 Å². The van der Waals surface area contributed by atoms with Gasteiger partial charge in [0, 0.05) is 13.7 Å². The van der Waals surface area contributed by atoms with Crippen LogP contribution in [0.4, 0.5) is 0 Å². The first kappa shape index (κ1) is 15.4. The molecule has 0 bridgehead atoms. The summed E-state index contributed by atoms with van der Waals surface area (Å²) in [7, 11) is 5.17. The van der Waals surface area contributed by atoms with E-state index in [1.807, 2.05) is 0 Å². The highest BCUT2D eigenvalue weighted by molar-refractivity contribution is 5.81. The first-order valence-electron chi connectivity index (χ1n) is 6.59. The second kappa shape index (κ2) is 7.07. The molecule has 2 unspecified atom stereocenters. The Morgan fingerprint density at radius 1 is 1.44 bits per heavy atom. The molecule has 0 aromatic heterocycles. The maximum atomic E-state index is 11.8. The summed E-state index contributed by atoms with van der Waals surface area (Å²) >= 11 is 0. The molecule has 0 radical (unpaired) electrons. The zero-order valence-corrected chi connectivity index (χ0v) is 11.8. The molecule has 5 nitrogen and oxygen atoms in total. The highest BCUT2D eigenvalue weighted by atomic mass is 16.5. The molecule has 0 saturated heterocycles. The monoisotopic (exact) mass is 258 g/mol. The predicted octanol–water partition coefficient (Wildman–Crippen LogP) is 0.625. The van der Waals surface area contributed by atoms with E-state index in [1.165, 1.54) is 7.11 Å². The lowest BCUT2D eigenvalue weighted by Gasteiger charge is -2.29. The van der Waals surface area contributed by atoms with E-state index in [0.717, 1.165) is 45.4 Å². The summed E-state index contributed by atoms with van der Waals surface area (Å²) in [5.74, 6) is -0.0283. The van der Waals surface area contributed by atoms with Crippen LogP contribution in [0.1, 0.15) is 25.7 Å². The molecule has 1 saturated carbocycles. The number of esters is 1. The van der Waals surface area contributed by atoms with Crippen LogP contribution in [-0.4, -0.2) is 57.4 Å². The predicted molar refractivity (Wildman–Crippen MR) is 70.3 cm³/mol. The van der Waals surface area contributed by atoms with Gasteiger partial charge in [0.2, 0.25) is 0 Å².